The molecule has 2 unspecified atom stereocenters. The van der Waals surface area contributed by atoms with Crippen LogP contribution in [0.25, 0.3) is 0 Å². The summed E-state index contributed by atoms with van der Waals surface area (Å²) < 4.78 is 0.518. The molecule has 6 nitrogen and oxygen atoms in total. The Hall–Kier alpha value is -0.492. The number of aliphatic carboxylic acids is 1. The maximum absolute atomic E-state index is 12.3. The van der Waals surface area contributed by atoms with E-state index in [1.807, 2.05) is 6.08 Å². The number of hydrogen-bond acceptors (Lipinski definition) is 5. The van der Waals surface area contributed by atoms with Crippen LogP contribution in [0.15, 0.2) is 12.2 Å². The molecule has 0 saturated heterocycles. The predicted octanol–water partition coefficient (Wildman–Crippen LogP) is 1.27. The fourth-order valence-corrected chi connectivity index (χ4v) is 3.18. The van der Waals surface area contributed by atoms with Gasteiger partial charge in [-0.2, -0.15) is 0 Å². The van der Waals surface area contributed by atoms with Gasteiger partial charge >= 0.3 is 173 Å². The third kappa shape index (κ3) is 9.03. The second kappa shape index (κ2) is 13.6. The number of rotatable bonds is 14. The minimum absolute atomic E-state index is 0.0180. The molecule has 0 saturated carbocycles. The first kappa shape index (κ1) is 26.5. The molecule has 0 spiro atoms. The van der Waals surface area contributed by atoms with Gasteiger partial charge in [0.25, 0.3) is 0 Å². The summed E-state index contributed by atoms with van der Waals surface area (Å²) >= 11 is 5.98. The molecule has 8 heteroatoms. The molecular weight excluding hydrogens is 427 g/mol. The summed E-state index contributed by atoms with van der Waals surface area (Å²) in [5.41, 5.74) is -1.45. The van der Waals surface area contributed by atoms with Crippen molar-refractivity contribution >= 4 is 41.4 Å². The summed E-state index contributed by atoms with van der Waals surface area (Å²) in [5.74, 6) is -0.554. The van der Waals surface area contributed by atoms with E-state index >= 15 is 0 Å². The van der Waals surface area contributed by atoms with Crippen LogP contribution in [0, 0.1) is 11.8 Å². The Morgan fingerprint density at radius 2 is 1.93 bits per heavy atom. The van der Waals surface area contributed by atoms with E-state index in [9.17, 15) is 19.8 Å². The van der Waals surface area contributed by atoms with Crippen molar-refractivity contribution in [2.45, 2.75) is 63.2 Å². The van der Waals surface area contributed by atoms with Crippen molar-refractivity contribution in [3.63, 3.8) is 0 Å². The van der Waals surface area contributed by atoms with Gasteiger partial charge in [-0.1, -0.05) is 0 Å². The summed E-state index contributed by atoms with van der Waals surface area (Å²) in [6, 6.07) is 0.160. The number of thiol groups is 1. The maximum atomic E-state index is 12.3. The quantitative estimate of drug-likeness (QED) is 0.152. The van der Waals surface area contributed by atoms with Crippen molar-refractivity contribution in [2.75, 3.05) is 18.9 Å². The van der Waals surface area contributed by atoms with Gasteiger partial charge in [0.05, 0.1) is 0 Å². The Balaban J connectivity index is 4.96. The normalized spacial score (nSPS) is 17.5. The van der Waals surface area contributed by atoms with Crippen molar-refractivity contribution in [3.05, 3.63) is 12.2 Å². The van der Waals surface area contributed by atoms with Crippen LogP contribution in [-0.4, -0.2) is 69.4 Å². The van der Waals surface area contributed by atoms with Gasteiger partial charge in [0.15, 0.2) is 0 Å². The number of carbonyl (C=O) groups is 2. The molecule has 0 bridgehead atoms. The molecule has 0 aliphatic heterocycles. The van der Waals surface area contributed by atoms with E-state index in [4.69, 9.17) is 0 Å². The Morgan fingerprint density at radius 3 is 2.37 bits per heavy atom. The molecule has 0 aromatic carbocycles. The van der Waals surface area contributed by atoms with E-state index < -0.39 is 11.5 Å². The monoisotopic (exact) mass is 464 g/mol. The number of hydrogen-bond donors (Lipinski definition) is 5. The van der Waals surface area contributed by atoms with Crippen molar-refractivity contribution in [1.29, 1.82) is 0 Å². The molecule has 0 aromatic heterocycles. The number of carbonyl (C=O) groups excluding carboxylic acids is 1. The van der Waals surface area contributed by atoms with Crippen molar-refractivity contribution in [1.82, 2.24) is 10.6 Å². The SMILES string of the molecule is CCC(C)[C@@H](/C=C/CC(=O)N[C@@](CCO)(C(=O)O)C(C)C)NC[C@@H]([AsH2])CS. The minimum atomic E-state index is -1.45. The van der Waals surface area contributed by atoms with Gasteiger partial charge in [-0.05, 0) is 0 Å². The zero-order chi connectivity index (χ0) is 21.0. The fraction of sp³-hybridized carbons (Fsp3) is 0.789. The van der Waals surface area contributed by atoms with E-state index in [0.717, 1.165) is 18.7 Å². The fourth-order valence-electron chi connectivity index (χ4n) is 2.77. The van der Waals surface area contributed by atoms with Crippen LogP contribution in [0.4, 0.5) is 0 Å². The van der Waals surface area contributed by atoms with E-state index in [2.05, 4.69) is 37.1 Å². The van der Waals surface area contributed by atoms with Gasteiger partial charge in [0.2, 0.25) is 0 Å². The van der Waals surface area contributed by atoms with E-state index in [1.54, 1.807) is 36.8 Å². The third-order valence-corrected chi connectivity index (χ3v) is 7.28. The molecule has 0 aromatic rings. The average Bonchev–Trinajstić information content (AvgIpc) is 2.62. The zero-order valence-corrected chi connectivity index (χ0v) is 20.3. The second-order valence-electron chi connectivity index (χ2n) is 7.35. The van der Waals surface area contributed by atoms with Gasteiger partial charge < -0.3 is 5.11 Å². The molecule has 0 aliphatic carbocycles. The average molecular weight is 465 g/mol. The van der Waals surface area contributed by atoms with E-state index in [-0.39, 0.29) is 37.3 Å². The molecular formula is C19H37AsN2O4S. The number of carboxylic acid groups (broad SMARTS) is 1. The van der Waals surface area contributed by atoms with Crippen molar-refractivity contribution in [2.24, 2.45) is 11.8 Å². The topological polar surface area (TPSA) is 98.7 Å². The first-order chi connectivity index (χ1) is 12.6. The molecule has 27 heavy (non-hydrogen) atoms. The molecule has 0 radical (unpaired) electrons. The van der Waals surface area contributed by atoms with E-state index in [0.29, 0.717) is 10.6 Å². The molecule has 0 fully saturated rings. The summed E-state index contributed by atoms with van der Waals surface area (Å²) in [6.07, 6.45) is 4.89. The number of nitrogens with one attached hydrogen (secondary N) is 2. The van der Waals surface area contributed by atoms with Crippen LogP contribution in [0.3, 0.4) is 0 Å². The number of aliphatic hydroxyl groups excluding tert-OH is 1. The first-order valence-corrected chi connectivity index (χ1v) is 11.6. The Morgan fingerprint density at radius 1 is 1.30 bits per heavy atom. The van der Waals surface area contributed by atoms with Crippen LogP contribution in [0.1, 0.15) is 47.0 Å². The Bertz CT molecular complexity index is 490. The number of carboxylic acids is 1. The predicted molar refractivity (Wildman–Crippen MR) is 116 cm³/mol. The molecule has 5 atom stereocenters. The Kier molecular flexibility index (Phi) is 13.4. The third-order valence-electron chi connectivity index (χ3n) is 4.99. The molecule has 0 heterocycles. The molecule has 1 amide bonds. The van der Waals surface area contributed by atoms with E-state index in [1.165, 1.54) is 0 Å². The van der Waals surface area contributed by atoms with Crippen LogP contribution >= 0.6 is 12.6 Å². The number of aliphatic hydroxyl groups is 1. The summed E-state index contributed by atoms with van der Waals surface area (Å²) in [5, 5.41) is 25.0. The number of amides is 1. The molecule has 0 aliphatic rings. The standard InChI is InChI=1S/C19H37AsN2O4S/c1-5-14(4)16(21-11-15(20)12-27)7-6-8-17(24)22-19(9-10-23,13(2)3)18(25)26/h6-7,13-16,21,23,27H,5,8-12,20H2,1-4H3,(H,22,24)(H,25,26)/b7-6+/t14?,15-,16-,19-/m1/s1. The van der Waals surface area contributed by atoms with Crippen molar-refractivity contribution in [3.8, 4) is 0 Å². The van der Waals surface area contributed by atoms with Gasteiger partial charge in [0.1, 0.15) is 0 Å². The Labute approximate surface area is 177 Å². The van der Waals surface area contributed by atoms with Gasteiger partial charge in [-0.25, -0.2) is 0 Å². The van der Waals surface area contributed by atoms with Gasteiger partial charge in [-0.15, -0.1) is 0 Å². The summed E-state index contributed by atoms with van der Waals surface area (Å²) in [6.45, 7) is 8.32. The molecule has 4 N–H and O–H groups in total. The van der Waals surface area contributed by atoms with Crippen LogP contribution < -0.4 is 10.6 Å². The van der Waals surface area contributed by atoms with Gasteiger partial charge in [0, 0.05) is 0 Å². The van der Waals surface area contributed by atoms with Crippen LogP contribution in [0.5, 0.6) is 0 Å². The zero-order valence-electron chi connectivity index (χ0n) is 16.9. The summed E-state index contributed by atoms with van der Waals surface area (Å²) in [4.78, 5) is 24.1. The van der Waals surface area contributed by atoms with Gasteiger partial charge in [-0.3, -0.25) is 0 Å². The summed E-state index contributed by atoms with van der Waals surface area (Å²) in [7, 11) is 0. The first-order valence-electron chi connectivity index (χ1n) is 9.56. The van der Waals surface area contributed by atoms with Crippen LogP contribution in [0.2, 0.25) is 4.71 Å². The van der Waals surface area contributed by atoms with Crippen molar-refractivity contribution < 1.29 is 19.8 Å². The molecule has 158 valence electrons. The molecule has 0 rings (SSSR count). The van der Waals surface area contributed by atoms with Crippen LogP contribution in [-0.2, 0) is 9.59 Å². The second-order valence-corrected chi connectivity index (χ2v) is 9.69.